The zero-order valence-electron chi connectivity index (χ0n) is 65.1. The van der Waals surface area contributed by atoms with Crippen LogP contribution in [-0.2, 0) is 0 Å². The summed E-state index contributed by atoms with van der Waals surface area (Å²) in [5, 5.41) is 0. The van der Waals surface area contributed by atoms with Gasteiger partial charge in [0.1, 0.15) is 0 Å². The molecule has 93 heavy (non-hydrogen) atoms. The van der Waals surface area contributed by atoms with E-state index in [0.717, 1.165) is 179 Å². The standard InChI is InChI=1S/3C9H17N.7C8H15N/c1-7-5-8-3-4-9(7)10(2)6-8;2*1-7-5-8-3-4-9(6-7)10(8)2;2*1-6-3-8-4-7(6)5-9(8)2;2*1-6-3-7-4-8(6)9(2)5-7;2*1-6-7-3-4-8(6)9(2)5-7;1-6-5-7-3-4-8(6)9(7)2/h3*7-9H,3-6H2,1-2H3;7*6-8H,3-5H2,1-2H3. The fraction of sp³-hybridized carbons (Fsp3) is 1.00. The van der Waals surface area contributed by atoms with Crippen molar-refractivity contribution in [1.82, 2.24) is 49.0 Å². The molecule has 14 aliphatic heterocycles. The Hall–Kier alpha value is -0.400. The Balaban J connectivity index is 0.000000106. The summed E-state index contributed by atoms with van der Waals surface area (Å²) in [5.41, 5.74) is 0. The van der Waals surface area contributed by atoms with Gasteiger partial charge in [-0.3, -0.25) is 0 Å². The lowest BCUT2D eigenvalue weighted by atomic mass is 9.74. The Bertz CT molecular complexity index is 2000. The highest BCUT2D eigenvalue weighted by Gasteiger charge is 2.47. The van der Waals surface area contributed by atoms with Crippen molar-refractivity contribution in [3.8, 4) is 0 Å². The molecule has 21 rings (SSSR count). The molecule has 538 valence electrons. The molecule has 0 amide bonds. The highest BCUT2D eigenvalue weighted by Crippen LogP contribution is 2.47. The minimum Gasteiger partial charge on any atom is -0.303 e. The molecule has 7 saturated carbocycles. The summed E-state index contributed by atoms with van der Waals surface area (Å²) in [5.74, 6) is 17.2. The molecule has 0 radical (unpaired) electrons. The van der Waals surface area contributed by atoms with Crippen molar-refractivity contribution in [2.45, 2.75) is 315 Å². The summed E-state index contributed by atoms with van der Waals surface area (Å²) in [4.78, 5) is 25.5. The topological polar surface area (TPSA) is 32.4 Å². The van der Waals surface area contributed by atoms with E-state index in [2.05, 4.69) is 189 Å². The highest BCUT2D eigenvalue weighted by atomic mass is 15.2. The minimum absolute atomic E-state index is 0.921. The van der Waals surface area contributed by atoms with Gasteiger partial charge in [0.2, 0.25) is 0 Å². The number of hydrogen-bond donors (Lipinski definition) is 0. The Morgan fingerprint density at radius 2 is 0.505 bits per heavy atom. The number of piperidine rings is 10. The summed E-state index contributed by atoms with van der Waals surface area (Å²) in [6.07, 6.45) is 38.3. The van der Waals surface area contributed by atoms with Gasteiger partial charge in [-0.25, -0.2) is 0 Å². The summed E-state index contributed by atoms with van der Waals surface area (Å²) >= 11 is 0. The average molecular weight is 1290 g/mol. The van der Waals surface area contributed by atoms with Crippen LogP contribution < -0.4 is 0 Å². The number of nitrogens with zero attached hydrogens (tertiary/aromatic N) is 10. The molecule has 7 aliphatic carbocycles. The van der Waals surface area contributed by atoms with Gasteiger partial charge in [0.25, 0.3) is 0 Å². The molecular formula is C83H156N10. The van der Waals surface area contributed by atoms with Crippen LogP contribution in [0.5, 0.6) is 0 Å². The zero-order valence-corrected chi connectivity index (χ0v) is 65.1. The smallest absolute Gasteiger partial charge is 0.0122 e. The Labute approximate surface area is 577 Å². The first-order chi connectivity index (χ1) is 44.3. The van der Waals surface area contributed by atoms with Gasteiger partial charge in [0.05, 0.1) is 0 Å². The molecule has 0 aromatic heterocycles. The molecule has 20 bridgehead atoms. The molecule has 0 aromatic rings. The molecule has 28 atom stereocenters. The van der Waals surface area contributed by atoms with Gasteiger partial charge in [0.15, 0.2) is 0 Å². The molecule has 0 aromatic carbocycles. The van der Waals surface area contributed by atoms with Crippen LogP contribution in [0.4, 0.5) is 0 Å². The van der Waals surface area contributed by atoms with E-state index in [1.807, 2.05) is 0 Å². The summed E-state index contributed by atoms with van der Waals surface area (Å²) in [7, 11) is 22.7. The van der Waals surface area contributed by atoms with Gasteiger partial charge in [-0.05, 0) is 338 Å². The van der Waals surface area contributed by atoms with Crippen LogP contribution in [-0.4, -0.2) is 244 Å². The van der Waals surface area contributed by atoms with Crippen LogP contribution >= 0.6 is 0 Å². The molecule has 10 nitrogen and oxygen atoms in total. The van der Waals surface area contributed by atoms with Gasteiger partial charge in [-0.2, -0.15) is 0 Å². The lowest BCUT2D eigenvalue weighted by Crippen LogP contribution is -2.50. The summed E-state index contributed by atoms with van der Waals surface area (Å²) in [6, 6.07) is 12.2. The molecular weight excluding hydrogens is 1140 g/mol. The van der Waals surface area contributed by atoms with E-state index in [0.29, 0.717) is 0 Å². The first-order valence-corrected chi connectivity index (χ1v) is 41.3. The van der Waals surface area contributed by atoms with Gasteiger partial charge >= 0.3 is 0 Å². The Kier molecular flexibility index (Phi) is 25.6. The largest absolute Gasteiger partial charge is 0.303 e. The predicted octanol–water partition coefficient (Wildman–Crippen LogP) is 15.1. The molecule has 0 spiro atoms. The lowest BCUT2D eigenvalue weighted by molar-refractivity contribution is 0.0280. The van der Waals surface area contributed by atoms with Crippen LogP contribution in [0.2, 0.25) is 0 Å². The minimum atomic E-state index is 0.921. The fourth-order valence-electron chi connectivity index (χ4n) is 26.2. The molecule has 10 heteroatoms. The second-order valence-corrected chi connectivity index (χ2v) is 38.7. The lowest BCUT2D eigenvalue weighted by Gasteiger charge is -2.47. The van der Waals surface area contributed by atoms with E-state index in [4.69, 9.17) is 0 Å². The monoisotopic (exact) mass is 1290 g/mol. The van der Waals surface area contributed by atoms with E-state index in [1.54, 1.807) is 0 Å². The maximum absolute atomic E-state index is 2.60. The van der Waals surface area contributed by atoms with Crippen molar-refractivity contribution >= 4 is 0 Å². The van der Waals surface area contributed by atoms with Crippen LogP contribution in [0.15, 0.2) is 0 Å². The summed E-state index contributed by atoms with van der Waals surface area (Å²) < 4.78 is 0. The van der Waals surface area contributed by atoms with Gasteiger partial charge in [-0.1, -0.05) is 69.2 Å². The molecule has 14 saturated heterocycles. The average Bonchev–Trinajstić information content (AvgIpc) is 1.51. The van der Waals surface area contributed by atoms with E-state index in [9.17, 15) is 0 Å². The first-order valence-electron chi connectivity index (χ1n) is 41.3. The van der Waals surface area contributed by atoms with E-state index >= 15 is 0 Å². The third-order valence-electron chi connectivity index (χ3n) is 32.2. The van der Waals surface area contributed by atoms with Crippen molar-refractivity contribution in [2.75, 3.05) is 116 Å². The number of likely N-dealkylation sites (tertiary alicyclic amines) is 6. The molecule has 21 fully saturated rings. The van der Waals surface area contributed by atoms with Gasteiger partial charge in [-0.15, -0.1) is 0 Å². The second-order valence-electron chi connectivity index (χ2n) is 38.7. The maximum Gasteiger partial charge on any atom is 0.0122 e. The number of rotatable bonds is 0. The highest BCUT2D eigenvalue weighted by molar-refractivity contribution is 5.01. The first kappa shape index (κ1) is 73.8. The van der Waals surface area contributed by atoms with E-state index in [-0.39, 0.29) is 0 Å². The molecule has 0 N–H and O–H groups in total. The van der Waals surface area contributed by atoms with Crippen molar-refractivity contribution < 1.29 is 0 Å². The van der Waals surface area contributed by atoms with Crippen LogP contribution in [0.1, 0.15) is 236 Å². The SMILES string of the molecule is CC1C2CCC1N(C)C2.CC1C2CCC1N(C)C2.CC1CC2CC1CN2C.CC1CC2CC1CN2C.CC1CC2CC1N(C)C2.CC1CC2CC1N(C)C2.CC1CC2CCC(C1)N2C.CC1CC2CCC(C1)N2C.CC1CC2CCC1N(C)C2.CC1CC2CCC1N2C. The predicted molar refractivity (Wildman–Crippen MR) is 397 cm³/mol. The number of fused-ring (bicyclic) bond motifs is 21. The van der Waals surface area contributed by atoms with Crippen LogP contribution in [0.3, 0.4) is 0 Å². The quantitative estimate of drug-likeness (QED) is 0.234. The second kappa shape index (κ2) is 32.3. The Morgan fingerprint density at radius 1 is 0.194 bits per heavy atom. The van der Waals surface area contributed by atoms with Crippen molar-refractivity contribution in [2.24, 2.45) is 101 Å². The van der Waals surface area contributed by atoms with E-state index in [1.165, 1.54) is 213 Å². The normalized spacial score (nSPS) is 49.8. The maximum atomic E-state index is 2.60. The zero-order chi connectivity index (χ0) is 66.4. The molecule has 28 unspecified atom stereocenters. The molecule has 14 heterocycles. The van der Waals surface area contributed by atoms with Crippen molar-refractivity contribution in [3.63, 3.8) is 0 Å². The van der Waals surface area contributed by atoms with Crippen molar-refractivity contribution in [1.29, 1.82) is 0 Å². The fourth-order valence-corrected chi connectivity index (χ4v) is 26.2. The van der Waals surface area contributed by atoms with Gasteiger partial charge < -0.3 is 49.0 Å². The van der Waals surface area contributed by atoms with Crippen molar-refractivity contribution in [3.05, 3.63) is 0 Å². The summed E-state index contributed by atoms with van der Waals surface area (Å²) in [6.45, 7) is 33.6. The number of hydrogen-bond acceptors (Lipinski definition) is 10. The third kappa shape index (κ3) is 17.4. The van der Waals surface area contributed by atoms with Crippen LogP contribution in [0, 0.1) is 101 Å². The van der Waals surface area contributed by atoms with Gasteiger partial charge in [0, 0.05) is 124 Å². The van der Waals surface area contributed by atoms with Crippen LogP contribution in [0.25, 0.3) is 0 Å². The van der Waals surface area contributed by atoms with E-state index < -0.39 is 0 Å². The Morgan fingerprint density at radius 3 is 0.710 bits per heavy atom. The molecule has 21 aliphatic rings. The third-order valence-corrected chi connectivity index (χ3v) is 32.2.